The first-order valence-electron chi connectivity index (χ1n) is 13.0. The summed E-state index contributed by atoms with van der Waals surface area (Å²) in [5, 5.41) is 4.42. The maximum absolute atomic E-state index is 14.0. The average Bonchev–Trinajstić information content (AvgIpc) is 3.21. The number of aromatic nitrogens is 5. The smallest absolute Gasteiger partial charge is 0.257 e. The van der Waals surface area contributed by atoms with Crippen LogP contribution in [0.1, 0.15) is 42.4 Å². The summed E-state index contributed by atoms with van der Waals surface area (Å²) in [6.07, 6.45) is 4.75. The first kappa shape index (κ1) is 26.0. The van der Waals surface area contributed by atoms with Gasteiger partial charge < -0.3 is 15.4 Å². The molecule has 0 spiro atoms. The second-order valence-corrected chi connectivity index (χ2v) is 11.4. The molecular formula is C29H29F2N7O2. The number of piperidine rings is 1. The predicted molar refractivity (Wildman–Crippen MR) is 143 cm³/mol. The zero-order chi connectivity index (χ0) is 28.4. The molecule has 0 radical (unpaired) electrons. The van der Waals surface area contributed by atoms with E-state index in [9.17, 15) is 13.6 Å². The third kappa shape index (κ3) is 4.49. The fraction of sp³-hybridized carbons (Fsp3) is 0.345. The van der Waals surface area contributed by atoms with Crippen molar-refractivity contribution in [2.24, 2.45) is 17.1 Å². The van der Waals surface area contributed by atoms with Gasteiger partial charge in [0.15, 0.2) is 11.6 Å². The molecule has 0 unspecified atom stereocenters. The van der Waals surface area contributed by atoms with Crippen molar-refractivity contribution in [2.45, 2.75) is 39.3 Å². The summed E-state index contributed by atoms with van der Waals surface area (Å²) in [5.41, 5.74) is 8.13. The lowest BCUT2D eigenvalue weighted by Gasteiger charge is -2.24. The lowest BCUT2D eigenvalue weighted by Crippen LogP contribution is -2.35. The Kier molecular flexibility index (Phi) is 5.95. The van der Waals surface area contributed by atoms with Crippen molar-refractivity contribution in [3.8, 4) is 23.1 Å². The molecule has 9 nitrogen and oxygen atoms in total. The number of carbonyl (C=O) groups excluding carboxylic acids is 1. The first-order valence-corrected chi connectivity index (χ1v) is 13.0. The number of hydrogen-bond donors (Lipinski definition) is 1. The second kappa shape index (κ2) is 9.16. The van der Waals surface area contributed by atoms with E-state index in [1.54, 1.807) is 43.7 Å². The molecule has 1 amide bonds. The van der Waals surface area contributed by atoms with E-state index in [4.69, 9.17) is 10.5 Å². The molecule has 2 aliphatic rings. The third-order valence-corrected chi connectivity index (χ3v) is 7.88. The predicted octanol–water partition coefficient (Wildman–Crippen LogP) is 4.04. The fourth-order valence-corrected chi connectivity index (χ4v) is 5.43. The number of fused-ring (bicyclic) bond motifs is 1. The minimum absolute atomic E-state index is 0.0996. The van der Waals surface area contributed by atoms with Crippen LogP contribution in [-0.4, -0.2) is 54.7 Å². The molecule has 4 aromatic rings. The van der Waals surface area contributed by atoms with E-state index in [0.29, 0.717) is 47.4 Å². The van der Waals surface area contributed by atoms with E-state index in [1.807, 2.05) is 18.7 Å². The molecule has 1 aliphatic carbocycles. The molecule has 3 aromatic heterocycles. The molecule has 1 saturated heterocycles. The number of nitrogens with zero attached hydrogens (tertiary/aromatic N) is 6. The highest BCUT2D eigenvalue weighted by atomic mass is 19.2. The van der Waals surface area contributed by atoms with Crippen molar-refractivity contribution in [3.63, 3.8) is 0 Å². The Morgan fingerprint density at radius 2 is 1.90 bits per heavy atom. The Labute approximate surface area is 230 Å². The van der Waals surface area contributed by atoms with Crippen molar-refractivity contribution < 1.29 is 18.3 Å². The van der Waals surface area contributed by atoms with Crippen LogP contribution in [0.15, 0.2) is 55.0 Å². The quantitative estimate of drug-likeness (QED) is 0.389. The van der Waals surface area contributed by atoms with E-state index in [0.717, 1.165) is 17.7 Å². The van der Waals surface area contributed by atoms with Crippen LogP contribution in [0.25, 0.3) is 17.2 Å². The highest BCUT2D eigenvalue weighted by Gasteiger charge is 2.69. The van der Waals surface area contributed by atoms with Crippen LogP contribution >= 0.6 is 0 Å². The molecule has 206 valence electrons. The summed E-state index contributed by atoms with van der Waals surface area (Å²) in [6, 6.07) is 8.92. The van der Waals surface area contributed by atoms with Gasteiger partial charge in [-0.1, -0.05) is 6.92 Å². The van der Waals surface area contributed by atoms with Crippen molar-refractivity contribution >= 4 is 5.91 Å². The molecule has 1 aliphatic heterocycles. The lowest BCUT2D eigenvalue weighted by molar-refractivity contribution is 0.0731. The summed E-state index contributed by atoms with van der Waals surface area (Å²) >= 11 is 0. The Hall–Kier alpha value is -4.25. The van der Waals surface area contributed by atoms with E-state index in [2.05, 4.69) is 27.0 Å². The second-order valence-electron chi connectivity index (χ2n) is 11.4. The lowest BCUT2D eigenvalue weighted by atomic mass is 9.95. The molecule has 2 fully saturated rings. The maximum Gasteiger partial charge on any atom is 0.257 e. The Morgan fingerprint density at radius 3 is 2.55 bits per heavy atom. The van der Waals surface area contributed by atoms with Gasteiger partial charge in [-0.15, -0.1) is 0 Å². The Bertz CT molecular complexity index is 1620. The van der Waals surface area contributed by atoms with Gasteiger partial charge in [0.2, 0.25) is 11.8 Å². The number of ether oxygens (including phenoxy) is 1. The Morgan fingerprint density at radius 1 is 1.15 bits per heavy atom. The standard InChI is InChI=1S/C29H29F2N7O2/c1-16-19(13-38(36-16)27-33-8-5-9-34-27)26(39)37-14-20-25(29(20,4)15-37)40-24-12-18(28(2,3)32)11-23(35-24)17-6-7-21(30)22(31)10-17/h5-13,20,25H,14-15,32H2,1-4H3/t20-,25-,29-/m0/s1. The number of halogens is 2. The van der Waals surface area contributed by atoms with E-state index in [1.165, 1.54) is 10.7 Å². The largest absolute Gasteiger partial charge is 0.473 e. The van der Waals surface area contributed by atoms with Crippen molar-refractivity contribution in [1.82, 2.24) is 29.6 Å². The number of carbonyl (C=O) groups is 1. The molecule has 4 heterocycles. The monoisotopic (exact) mass is 545 g/mol. The van der Waals surface area contributed by atoms with Crippen LogP contribution in [0.2, 0.25) is 0 Å². The molecule has 40 heavy (non-hydrogen) atoms. The number of rotatable bonds is 6. The molecule has 1 aromatic carbocycles. The van der Waals surface area contributed by atoms with E-state index >= 15 is 0 Å². The fourth-order valence-electron chi connectivity index (χ4n) is 5.43. The third-order valence-electron chi connectivity index (χ3n) is 7.88. The van der Waals surface area contributed by atoms with E-state index < -0.39 is 17.2 Å². The zero-order valence-corrected chi connectivity index (χ0v) is 22.6. The first-order chi connectivity index (χ1) is 18.9. The molecule has 2 N–H and O–H groups in total. The minimum atomic E-state index is -0.953. The number of aryl methyl sites for hydroxylation is 1. The normalized spacial score (nSPS) is 21.8. The number of nitrogens with two attached hydrogens (primary N) is 1. The zero-order valence-electron chi connectivity index (χ0n) is 22.6. The number of benzene rings is 1. The average molecular weight is 546 g/mol. The molecule has 11 heteroatoms. The molecule has 3 atom stereocenters. The number of likely N-dealkylation sites (tertiary alicyclic amines) is 1. The van der Waals surface area contributed by atoms with Gasteiger partial charge >= 0.3 is 0 Å². The van der Waals surface area contributed by atoms with Gasteiger partial charge in [-0.3, -0.25) is 4.79 Å². The van der Waals surface area contributed by atoms with Gasteiger partial charge in [0.1, 0.15) is 6.10 Å². The number of amides is 1. The van der Waals surface area contributed by atoms with Gasteiger partial charge in [-0.25, -0.2) is 28.4 Å². The molecule has 0 bridgehead atoms. The summed E-state index contributed by atoms with van der Waals surface area (Å²) in [7, 11) is 0. The van der Waals surface area contributed by atoms with Crippen LogP contribution in [0.4, 0.5) is 8.78 Å². The van der Waals surface area contributed by atoms with Gasteiger partial charge in [0, 0.05) is 60.2 Å². The SMILES string of the molecule is Cc1nn(-c2ncccn2)cc1C(=O)N1C[C@H]2[C@H](Oc3cc(C(C)(C)N)cc(-c4ccc(F)c(F)c4)n3)[C@@]2(C)C1. The molecule has 6 rings (SSSR count). The van der Waals surface area contributed by atoms with Crippen LogP contribution < -0.4 is 10.5 Å². The minimum Gasteiger partial charge on any atom is -0.473 e. The van der Waals surface area contributed by atoms with Crippen LogP contribution in [0.5, 0.6) is 5.88 Å². The van der Waals surface area contributed by atoms with Gasteiger partial charge in [-0.2, -0.15) is 5.10 Å². The molecular weight excluding hydrogens is 516 g/mol. The van der Waals surface area contributed by atoms with Gasteiger partial charge in [0.05, 0.1) is 17.0 Å². The number of hydrogen-bond acceptors (Lipinski definition) is 7. The van der Waals surface area contributed by atoms with Crippen molar-refractivity contribution in [1.29, 1.82) is 0 Å². The molecule has 1 saturated carbocycles. The highest BCUT2D eigenvalue weighted by molar-refractivity contribution is 5.95. The Balaban J connectivity index is 1.20. The maximum atomic E-state index is 14.0. The van der Waals surface area contributed by atoms with Gasteiger partial charge in [0.25, 0.3) is 5.91 Å². The van der Waals surface area contributed by atoms with Crippen molar-refractivity contribution in [2.75, 3.05) is 13.1 Å². The topological polar surface area (TPSA) is 112 Å². The van der Waals surface area contributed by atoms with Gasteiger partial charge in [-0.05, 0) is 56.7 Å². The van der Waals surface area contributed by atoms with Crippen LogP contribution in [0.3, 0.4) is 0 Å². The summed E-state index contributed by atoms with van der Waals surface area (Å²) in [6.45, 7) is 8.64. The highest BCUT2D eigenvalue weighted by Crippen LogP contribution is 2.59. The van der Waals surface area contributed by atoms with Crippen LogP contribution in [0, 0.1) is 29.9 Å². The summed E-state index contributed by atoms with van der Waals surface area (Å²) in [5.74, 6) is -1.11. The summed E-state index contributed by atoms with van der Waals surface area (Å²) < 4.78 is 35.4. The number of pyridine rings is 1. The van der Waals surface area contributed by atoms with Crippen molar-refractivity contribution in [3.05, 3.63) is 83.4 Å². The van der Waals surface area contributed by atoms with E-state index in [-0.39, 0.29) is 23.3 Å². The summed E-state index contributed by atoms with van der Waals surface area (Å²) in [4.78, 5) is 28.2. The van der Waals surface area contributed by atoms with Crippen LogP contribution in [-0.2, 0) is 5.54 Å².